The van der Waals surface area contributed by atoms with Crippen molar-refractivity contribution in [2.75, 3.05) is 26.8 Å². The topological polar surface area (TPSA) is 154 Å². The summed E-state index contributed by atoms with van der Waals surface area (Å²) in [6, 6.07) is 5.94. The van der Waals surface area contributed by atoms with Crippen LogP contribution >= 0.6 is 0 Å². The Kier molecular flexibility index (Phi) is 16.5. The first-order valence-corrected chi connectivity index (χ1v) is 27.1. The smallest absolute Gasteiger partial charge is 0.243 e. The highest BCUT2D eigenvalue weighted by molar-refractivity contribution is 6.74. The summed E-state index contributed by atoms with van der Waals surface area (Å²) >= 11 is 0. The maximum Gasteiger partial charge on any atom is 0.243 e. The van der Waals surface area contributed by atoms with Crippen LogP contribution in [0, 0.1) is 0 Å². The zero-order valence-electron chi connectivity index (χ0n) is 38.2. The molecule has 0 saturated carbocycles. The lowest BCUT2D eigenvalue weighted by atomic mass is 10.0. The lowest BCUT2D eigenvalue weighted by Gasteiger charge is -2.41. The molecule has 2 aromatic heterocycles. The molecule has 2 N–H and O–H groups in total. The van der Waals surface area contributed by atoms with E-state index < -0.39 is 47.2 Å². The molecule has 328 valence electrons. The summed E-state index contributed by atoms with van der Waals surface area (Å²) in [6.07, 6.45) is 7.65. The Morgan fingerprint density at radius 3 is 2.15 bits per heavy atom. The number of fused-ring (bicyclic) bond motifs is 1. The van der Waals surface area contributed by atoms with E-state index in [1.165, 1.54) is 13.3 Å². The zero-order valence-corrected chi connectivity index (χ0v) is 40.2. The highest BCUT2D eigenvalue weighted by atomic mass is 28.4. The van der Waals surface area contributed by atoms with Crippen LogP contribution in [0.25, 0.3) is 11.2 Å². The van der Waals surface area contributed by atoms with Crippen LogP contribution < -0.4 is 15.4 Å². The Hall–Kier alpha value is -3.71. The van der Waals surface area contributed by atoms with Gasteiger partial charge in [-0.25, -0.2) is 19.9 Å². The van der Waals surface area contributed by atoms with Crippen LogP contribution in [0.3, 0.4) is 0 Å². The predicted molar refractivity (Wildman–Crippen MR) is 240 cm³/mol. The fourth-order valence-corrected chi connectivity index (χ4v) is 8.66. The molecule has 5 atom stereocenters. The molecule has 1 saturated heterocycles. The quantitative estimate of drug-likeness (QED) is 0.0651. The molecular weight excluding hydrogens is 781 g/mol. The van der Waals surface area contributed by atoms with Gasteiger partial charge in [-0.3, -0.25) is 14.2 Å². The molecule has 1 aliphatic rings. The van der Waals surface area contributed by atoms with Gasteiger partial charge in [0.25, 0.3) is 0 Å². The number of aromatic nitrogens is 4. The van der Waals surface area contributed by atoms with E-state index in [2.05, 4.69) is 102 Å². The van der Waals surface area contributed by atoms with Gasteiger partial charge < -0.3 is 33.9 Å². The third kappa shape index (κ3) is 12.4. The molecule has 2 amide bonds. The minimum Gasteiger partial charge on any atom is -0.497 e. The summed E-state index contributed by atoms with van der Waals surface area (Å²) in [5, 5.41) is 5.99. The minimum atomic E-state index is -2.53. The van der Waals surface area contributed by atoms with Crippen LogP contribution in [0.2, 0.25) is 36.3 Å². The molecule has 4 rings (SSSR count). The van der Waals surface area contributed by atoms with Crippen LogP contribution in [-0.2, 0) is 29.6 Å². The summed E-state index contributed by atoms with van der Waals surface area (Å²) in [4.78, 5) is 48.2. The summed E-state index contributed by atoms with van der Waals surface area (Å²) in [7, 11) is -3.19. The lowest BCUT2D eigenvalue weighted by molar-refractivity contribution is -0.129. The van der Waals surface area contributed by atoms with Gasteiger partial charge in [0, 0.05) is 26.4 Å². The molecule has 59 heavy (non-hydrogen) atoms. The standard InChI is InChI=1S/C43H72N8O6Si2/c1-15-17-23-50(24-18-16-2)28-47-38-36-39(45-27-44-38)51(29-46-36)41-37(57-59(13,14)43(7,8)9)35(34(56-41)26-55-58(11,12)42(4,5)6)49-40(53)33(48-30(3)52)25-31-19-21-32(54-10)22-20-31/h19-22,27-29,33-35,37,41H,15-18,23-26H2,1-14H3,(H,48,52)(H,49,53)/b47-28+/t33-,34+,35+,37+,41+/m0/s1. The average molecular weight is 853 g/mol. The highest BCUT2D eigenvalue weighted by Gasteiger charge is 2.53. The maximum atomic E-state index is 14.5. The number of unbranched alkanes of at least 4 members (excludes halogenated alkanes) is 2. The Labute approximate surface area is 354 Å². The molecule has 0 unspecified atom stereocenters. The van der Waals surface area contributed by atoms with Crippen molar-refractivity contribution in [3.05, 3.63) is 42.5 Å². The van der Waals surface area contributed by atoms with Crippen molar-refractivity contribution >= 4 is 51.8 Å². The van der Waals surface area contributed by atoms with E-state index >= 15 is 0 Å². The fraction of sp³-hybridized carbons (Fsp3) is 0.674. The first-order chi connectivity index (χ1) is 27.6. The van der Waals surface area contributed by atoms with E-state index in [0.29, 0.717) is 22.7 Å². The molecule has 3 aromatic rings. The molecular formula is C43H72N8O6Si2. The number of aliphatic imine (C=N–C) groups is 1. The number of amides is 2. The summed E-state index contributed by atoms with van der Waals surface area (Å²) in [6.45, 7) is 29.8. The summed E-state index contributed by atoms with van der Waals surface area (Å²) in [5.41, 5.74) is 1.95. The van der Waals surface area contributed by atoms with E-state index in [9.17, 15) is 9.59 Å². The van der Waals surface area contributed by atoms with Gasteiger partial charge in [0.1, 0.15) is 30.3 Å². The molecule has 1 aliphatic heterocycles. The molecule has 0 bridgehead atoms. The van der Waals surface area contributed by atoms with E-state index in [-0.39, 0.29) is 34.9 Å². The molecule has 3 heterocycles. The van der Waals surface area contributed by atoms with E-state index in [0.717, 1.165) is 44.3 Å². The molecule has 0 aliphatic carbocycles. The number of hydrogen-bond donors (Lipinski definition) is 2. The van der Waals surface area contributed by atoms with Gasteiger partial charge in [0.2, 0.25) is 11.8 Å². The number of nitrogens with one attached hydrogen (secondary N) is 2. The van der Waals surface area contributed by atoms with Crippen molar-refractivity contribution in [2.24, 2.45) is 4.99 Å². The van der Waals surface area contributed by atoms with Crippen LogP contribution in [0.1, 0.15) is 99.8 Å². The van der Waals surface area contributed by atoms with Gasteiger partial charge >= 0.3 is 0 Å². The maximum absolute atomic E-state index is 14.5. The molecule has 1 aromatic carbocycles. The highest BCUT2D eigenvalue weighted by Crippen LogP contribution is 2.44. The van der Waals surface area contributed by atoms with Gasteiger partial charge in [-0.05, 0) is 66.8 Å². The third-order valence-corrected chi connectivity index (χ3v) is 21.1. The van der Waals surface area contributed by atoms with Crippen molar-refractivity contribution in [1.82, 2.24) is 35.1 Å². The SMILES string of the molecule is CCCCN(/C=N/c1ncnc2c1ncn2[C@@H]1O[C@H](CO[Si](C)(C)C(C)(C)C)[C@@H](NC(=O)[C@H](Cc2ccc(OC)cc2)NC(C)=O)[C@H]1O[Si](C)(C)C(C)(C)C)CCCC. The van der Waals surface area contributed by atoms with Crippen molar-refractivity contribution in [1.29, 1.82) is 0 Å². The Balaban J connectivity index is 1.81. The number of carbonyl (C=O) groups is 2. The average Bonchev–Trinajstić information content (AvgIpc) is 3.73. The predicted octanol–water partition coefficient (Wildman–Crippen LogP) is 7.94. The summed E-state index contributed by atoms with van der Waals surface area (Å²) < 4.78 is 28.4. The van der Waals surface area contributed by atoms with Crippen LogP contribution in [-0.4, -0.2) is 110 Å². The number of rotatable bonds is 20. The molecule has 0 spiro atoms. The Morgan fingerprint density at radius 2 is 1.59 bits per heavy atom. The second-order valence-electron chi connectivity index (χ2n) is 18.8. The van der Waals surface area contributed by atoms with E-state index in [1.807, 2.05) is 35.2 Å². The zero-order chi connectivity index (χ0) is 43.8. The summed E-state index contributed by atoms with van der Waals surface area (Å²) in [5.74, 6) is 0.506. The van der Waals surface area contributed by atoms with Gasteiger partial charge in [0.05, 0.1) is 32.4 Å². The molecule has 1 fully saturated rings. The normalized spacial score (nSPS) is 19.6. The van der Waals surface area contributed by atoms with Crippen LogP contribution in [0.5, 0.6) is 5.75 Å². The third-order valence-electron chi connectivity index (χ3n) is 12.2. The van der Waals surface area contributed by atoms with Gasteiger partial charge in [-0.15, -0.1) is 0 Å². The van der Waals surface area contributed by atoms with Crippen molar-refractivity contribution in [2.45, 2.75) is 161 Å². The number of carbonyl (C=O) groups excluding carboxylic acids is 2. The molecule has 16 heteroatoms. The monoisotopic (exact) mass is 853 g/mol. The Bertz CT molecular complexity index is 1850. The van der Waals surface area contributed by atoms with Gasteiger partial charge in [-0.2, -0.15) is 0 Å². The first-order valence-electron chi connectivity index (χ1n) is 21.3. The number of hydrogen-bond acceptors (Lipinski definition) is 10. The Morgan fingerprint density at radius 1 is 0.966 bits per heavy atom. The van der Waals surface area contributed by atoms with E-state index in [4.69, 9.17) is 33.3 Å². The van der Waals surface area contributed by atoms with E-state index in [1.54, 1.807) is 13.4 Å². The second kappa shape index (κ2) is 20.2. The van der Waals surface area contributed by atoms with Gasteiger partial charge in [-0.1, -0.05) is 80.4 Å². The number of benzene rings is 1. The van der Waals surface area contributed by atoms with Crippen LogP contribution in [0.15, 0.2) is 41.9 Å². The van der Waals surface area contributed by atoms with Gasteiger partial charge in [0.15, 0.2) is 39.8 Å². The van der Waals surface area contributed by atoms with Crippen molar-refractivity contribution in [3.8, 4) is 5.75 Å². The second-order valence-corrected chi connectivity index (χ2v) is 28.4. The van der Waals surface area contributed by atoms with Crippen LogP contribution in [0.4, 0.5) is 5.82 Å². The molecule has 0 radical (unpaired) electrons. The number of nitrogens with zero attached hydrogens (tertiary/aromatic N) is 6. The lowest BCUT2D eigenvalue weighted by Crippen LogP contribution is -2.58. The number of ether oxygens (including phenoxy) is 2. The fourth-order valence-electron chi connectivity index (χ4n) is 6.35. The van der Waals surface area contributed by atoms with Crippen molar-refractivity contribution in [3.63, 3.8) is 0 Å². The number of imidazole rings is 1. The minimum absolute atomic E-state index is 0.0628. The number of methoxy groups -OCH3 is 1. The molecule has 14 nitrogen and oxygen atoms in total. The van der Waals surface area contributed by atoms with Crippen molar-refractivity contribution < 1.29 is 27.9 Å². The first kappa shape index (κ1) is 48.0. The largest absolute Gasteiger partial charge is 0.497 e.